The molecule has 2 aliphatic rings. The number of ether oxygens (including phenoxy) is 1. The maximum atomic E-state index is 11.3. The van der Waals surface area contributed by atoms with Gasteiger partial charge in [-0.15, -0.1) is 0 Å². The zero-order chi connectivity index (χ0) is 14.3. The van der Waals surface area contributed by atoms with Crippen LogP contribution in [0.1, 0.15) is 43.7 Å². The molecule has 4 nitrogen and oxygen atoms in total. The van der Waals surface area contributed by atoms with Crippen LogP contribution in [0.15, 0.2) is 24.2 Å². The highest BCUT2D eigenvalue weighted by atomic mass is 16.5. The summed E-state index contributed by atoms with van der Waals surface area (Å²) < 4.78 is 5.81. The molecule has 3 unspecified atom stereocenters. The Morgan fingerprint density at radius 3 is 3.00 bits per heavy atom. The maximum Gasteiger partial charge on any atom is 0.344 e. The molecule has 4 heteroatoms. The first-order valence-electron chi connectivity index (χ1n) is 7.11. The minimum atomic E-state index is -0.881. The molecule has 1 fully saturated rings. The Bertz CT molecular complexity index is 565. The average molecular weight is 273 g/mol. The summed E-state index contributed by atoms with van der Waals surface area (Å²) in [6.45, 7) is 4.02. The molecule has 0 saturated heterocycles. The van der Waals surface area contributed by atoms with Gasteiger partial charge in [0.05, 0.1) is 0 Å². The van der Waals surface area contributed by atoms with Crippen molar-refractivity contribution in [1.29, 1.82) is 0 Å². The number of carboxylic acid groups (broad SMARTS) is 1. The minimum Gasteiger partial charge on any atom is -0.483 e. The third-order valence-corrected chi connectivity index (χ3v) is 3.98. The normalized spacial score (nSPS) is 24.4. The van der Waals surface area contributed by atoms with E-state index in [0.29, 0.717) is 24.2 Å². The highest BCUT2D eigenvalue weighted by Gasteiger charge is 2.46. The zero-order valence-corrected chi connectivity index (χ0v) is 11.7. The van der Waals surface area contributed by atoms with E-state index in [1.807, 2.05) is 32.3 Å². The first-order valence-corrected chi connectivity index (χ1v) is 7.11. The number of carboxylic acids is 1. The molecule has 1 N–H and O–H groups in total. The van der Waals surface area contributed by atoms with Crippen LogP contribution in [-0.2, 0) is 9.53 Å². The molecule has 1 aromatic heterocycles. The number of fused-ring (bicyclic) bond motifs is 3. The van der Waals surface area contributed by atoms with E-state index in [-0.39, 0.29) is 0 Å². The number of hydrogen-bond donors (Lipinski definition) is 1. The zero-order valence-electron chi connectivity index (χ0n) is 11.7. The largest absolute Gasteiger partial charge is 0.483 e. The van der Waals surface area contributed by atoms with Crippen LogP contribution < -0.4 is 0 Å². The second-order valence-corrected chi connectivity index (χ2v) is 6.07. The van der Waals surface area contributed by atoms with Gasteiger partial charge in [0.1, 0.15) is 5.76 Å². The van der Waals surface area contributed by atoms with Gasteiger partial charge in [0.25, 0.3) is 0 Å². The fourth-order valence-electron chi connectivity index (χ4n) is 2.90. The first kappa shape index (κ1) is 13.2. The van der Waals surface area contributed by atoms with Crippen molar-refractivity contribution in [2.45, 2.75) is 38.7 Å². The number of hydrogen-bond acceptors (Lipinski definition) is 3. The molecule has 0 aliphatic heterocycles. The van der Waals surface area contributed by atoms with Crippen LogP contribution in [0.25, 0.3) is 6.08 Å². The molecule has 0 bridgehead atoms. The molecule has 3 atom stereocenters. The minimum absolute atomic E-state index is 0.296. The summed E-state index contributed by atoms with van der Waals surface area (Å²) in [7, 11) is 0. The number of aromatic nitrogens is 1. The van der Waals surface area contributed by atoms with Crippen molar-refractivity contribution in [3.8, 4) is 0 Å². The third kappa shape index (κ3) is 2.42. The van der Waals surface area contributed by atoms with E-state index in [9.17, 15) is 9.90 Å². The quantitative estimate of drug-likeness (QED) is 0.895. The van der Waals surface area contributed by atoms with Crippen LogP contribution in [0.2, 0.25) is 0 Å². The van der Waals surface area contributed by atoms with Crippen LogP contribution in [0.3, 0.4) is 0 Å². The standard InChI is InChI=1S/C16H19NO3/c1-9(2)5-15(16(18)19)20-14-6-10-8-17-4-3-11(10)12-7-13(12)14/h3-4,6,8-9,12-13,15H,5,7H2,1-2H3,(H,18,19). The molecule has 0 aromatic carbocycles. The first-order chi connectivity index (χ1) is 9.56. The fraction of sp³-hybridized carbons (Fsp3) is 0.500. The van der Waals surface area contributed by atoms with Crippen molar-refractivity contribution in [3.05, 3.63) is 35.3 Å². The monoisotopic (exact) mass is 273 g/mol. The van der Waals surface area contributed by atoms with Gasteiger partial charge in [-0.25, -0.2) is 4.79 Å². The van der Waals surface area contributed by atoms with Gasteiger partial charge in [0, 0.05) is 18.3 Å². The smallest absolute Gasteiger partial charge is 0.344 e. The van der Waals surface area contributed by atoms with Gasteiger partial charge < -0.3 is 9.84 Å². The van der Waals surface area contributed by atoms with Crippen LogP contribution in [0.4, 0.5) is 0 Å². The van der Waals surface area contributed by atoms with E-state index in [4.69, 9.17) is 4.74 Å². The van der Waals surface area contributed by atoms with E-state index in [0.717, 1.165) is 17.7 Å². The highest BCUT2D eigenvalue weighted by molar-refractivity contribution is 5.73. The molecule has 0 radical (unpaired) electrons. The van der Waals surface area contributed by atoms with Crippen LogP contribution in [0, 0.1) is 11.8 Å². The average Bonchev–Trinajstić information content (AvgIpc) is 3.18. The summed E-state index contributed by atoms with van der Waals surface area (Å²) >= 11 is 0. The van der Waals surface area contributed by atoms with Crippen molar-refractivity contribution < 1.29 is 14.6 Å². The number of aliphatic carboxylic acids is 1. The fourth-order valence-corrected chi connectivity index (χ4v) is 2.90. The molecule has 1 heterocycles. The van der Waals surface area contributed by atoms with Gasteiger partial charge in [0.2, 0.25) is 0 Å². The third-order valence-electron chi connectivity index (χ3n) is 3.98. The number of carbonyl (C=O) groups is 1. The van der Waals surface area contributed by atoms with Gasteiger partial charge in [-0.2, -0.15) is 0 Å². The molecular formula is C16H19NO3. The summed E-state index contributed by atoms with van der Waals surface area (Å²) in [6, 6.07) is 2.05. The summed E-state index contributed by atoms with van der Waals surface area (Å²) in [6.07, 6.45) is 6.44. The van der Waals surface area contributed by atoms with Gasteiger partial charge in [-0.1, -0.05) is 13.8 Å². The Kier molecular flexibility index (Phi) is 3.24. The molecule has 106 valence electrons. The highest BCUT2D eigenvalue weighted by Crippen LogP contribution is 2.56. The van der Waals surface area contributed by atoms with E-state index in [2.05, 4.69) is 11.1 Å². The lowest BCUT2D eigenvalue weighted by atomic mass is 9.98. The van der Waals surface area contributed by atoms with E-state index in [1.54, 1.807) is 0 Å². The summed E-state index contributed by atoms with van der Waals surface area (Å²) in [5.41, 5.74) is 2.38. The van der Waals surface area contributed by atoms with Gasteiger partial charge in [0.15, 0.2) is 6.10 Å². The molecular weight excluding hydrogens is 254 g/mol. The van der Waals surface area contributed by atoms with Crippen molar-refractivity contribution in [2.24, 2.45) is 11.8 Å². The molecule has 3 rings (SSSR count). The number of pyridine rings is 1. The molecule has 1 saturated carbocycles. The van der Waals surface area contributed by atoms with Crippen LogP contribution in [-0.4, -0.2) is 22.2 Å². The lowest BCUT2D eigenvalue weighted by molar-refractivity contribution is -0.148. The molecule has 2 aliphatic carbocycles. The van der Waals surface area contributed by atoms with Crippen molar-refractivity contribution in [2.75, 3.05) is 0 Å². The van der Waals surface area contributed by atoms with Crippen molar-refractivity contribution >= 4 is 12.0 Å². The number of rotatable bonds is 5. The molecule has 1 aromatic rings. The number of nitrogens with zero attached hydrogens (tertiary/aromatic N) is 1. The molecule has 0 amide bonds. The van der Waals surface area contributed by atoms with E-state index in [1.165, 1.54) is 5.56 Å². The number of allylic oxidation sites excluding steroid dienone is 1. The Hall–Kier alpha value is -1.84. The Morgan fingerprint density at radius 1 is 1.50 bits per heavy atom. The summed E-state index contributed by atoms with van der Waals surface area (Å²) in [4.78, 5) is 15.4. The topological polar surface area (TPSA) is 59.4 Å². The molecule has 20 heavy (non-hydrogen) atoms. The Morgan fingerprint density at radius 2 is 2.30 bits per heavy atom. The van der Waals surface area contributed by atoms with Gasteiger partial charge in [-0.05, 0) is 47.9 Å². The Labute approximate surface area is 118 Å². The van der Waals surface area contributed by atoms with Crippen molar-refractivity contribution in [3.63, 3.8) is 0 Å². The van der Waals surface area contributed by atoms with E-state index < -0.39 is 12.1 Å². The van der Waals surface area contributed by atoms with Gasteiger partial charge in [-0.3, -0.25) is 4.98 Å². The van der Waals surface area contributed by atoms with Crippen LogP contribution in [0.5, 0.6) is 0 Å². The summed E-state index contributed by atoms with van der Waals surface area (Å²) in [5, 5.41) is 9.28. The second-order valence-electron chi connectivity index (χ2n) is 6.07. The van der Waals surface area contributed by atoms with E-state index >= 15 is 0 Å². The second kappa shape index (κ2) is 4.93. The van der Waals surface area contributed by atoms with Crippen molar-refractivity contribution in [1.82, 2.24) is 4.98 Å². The predicted molar refractivity (Wildman–Crippen MR) is 75.0 cm³/mol. The Balaban J connectivity index is 1.81. The summed E-state index contributed by atoms with van der Waals surface area (Å²) in [5.74, 6) is 1.09. The predicted octanol–water partition coefficient (Wildman–Crippen LogP) is 3.06. The lowest BCUT2D eigenvalue weighted by Gasteiger charge is -2.22. The molecule has 0 spiro atoms. The lowest BCUT2D eigenvalue weighted by Crippen LogP contribution is -2.26. The maximum absolute atomic E-state index is 11.3. The van der Waals surface area contributed by atoms with Crippen LogP contribution >= 0.6 is 0 Å². The van der Waals surface area contributed by atoms with Gasteiger partial charge >= 0.3 is 5.97 Å². The SMILES string of the molecule is CC(C)CC(OC1=Cc2cnccc2C2CC12)C(=O)O.